The molecule has 0 saturated carbocycles. The van der Waals surface area contributed by atoms with Crippen molar-refractivity contribution in [3.63, 3.8) is 0 Å². The Morgan fingerprint density at radius 1 is 1.12 bits per heavy atom. The summed E-state index contributed by atoms with van der Waals surface area (Å²) in [7, 11) is 0. The number of fused-ring (bicyclic) bond motifs is 3. The molecule has 0 atom stereocenters. The summed E-state index contributed by atoms with van der Waals surface area (Å²) < 4.78 is 0. The van der Waals surface area contributed by atoms with Gasteiger partial charge in [-0.05, 0) is 28.0 Å². The van der Waals surface area contributed by atoms with E-state index in [1.165, 1.54) is 16.3 Å². The molecule has 0 fully saturated rings. The maximum Gasteiger partial charge on any atom is 0.244 e. The second-order valence-electron chi connectivity index (χ2n) is 4.07. The minimum atomic E-state index is -0.319. The zero-order valence-corrected chi connectivity index (χ0v) is 8.73. The summed E-state index contributed by atoms with van der Waals surface area (Å²) in [4.78, 5) is 11.2. The third-order valence-electron chi connectivity index (χ3n) is 3.08. The minimum absolute atomic E-state index is 0.319. The van der Waals surface area contributed by atoms with E-state index in [0.717, 1.165) is 5.56 Å². The van der Waals surface area contributed by atoms with Crippen molar-refractivity contribution < 1.29 is 4.79 Å². The highest BCUT2D eigenvalue weighted by Crippen LogP contribution is 2.31. The molecule has 0 heterocycles. The molecule has 2 N–H and O–H groups in total. The van der Waals surface area contributed by atoms with Gasteiger partial charge >= 0.3 is 0 Å². The van der Waals surface area contributed by atoms with Crippen LogP contribution >= 0.6 is 0 Å². The lowest BCUT2D eigenvalue weighted by Crippen LogP contribution is -2.13. The van der Waals surface area contributed by atoms with Crippen LogP contribution in [0.1, 0.15) is 11.1 Å². The van der Waals surface area contributed by atoms with Gasteiger partial charge in [0.25, 0.3) is 0 Å². The predicted molar refractivity (Wildman–Crippen MR) is 64.8 cm³/mol. The Hall–Kier alpha value is -2.09. The van der Waals surface area contributed by atoms with E-state index in [1.54, 1.807) is 0 Å². The van der Waals surface area contributed by atoms with Crippen LogP contribution in [0.25, 0.3) is 16.8 Å². The molecule has 2 aromatic rings. The van der Waals surface area contributed by atoms with E-state index in [9.17, 15) is 4.79 Å². The third-order valence-corrected chi connectivity index (χ3v) is 3.08. The lowest BCUT2D eigenvalue weighted by Gasteiger charge is -2.03. The summed E-state index contributed by atoms with van der Waals surface area (Å²) in [5.41, 5.74) is 8.35. The first-order valence-electron chi connectivity index (χ1n) is 5.27. The summed E-state index contributed by atoms with van der Waals surface area (Å²) in [5, 5.41) is 2.39. The highest BCUT2D eigenvalue weighted by molar-refractivity contribution is 6.03. The van der Waals surface area contributed by atoms with Crippen LogP contribution in [0.3, 0.4) is 0 Å². The summed E-state index contributed by atoms with van der Waals surface area (Å²) in [6, 6.07) is 12.3. The largest absolute Gasteiger partial charge is 0.366 e. The van der Waals surface area contributed by atoms with Crippen molar-refractivity contribution in [2.45, 2.75) is 6.42 Å². The Morgan fingerprint density at radius 2 is 1.94 bits per heavy atom. The van der Waals surface area contributed by atoms with Crippen molar-refractivity contribution in [1.29, 1.82) is 0 Å². The molecule has 2 aromatic carbocycles. The Labute approximate surface area is 93.4 Å². The van der Waals surface area contributed by atoms with Crippen molar-refractivity contribution in [3.8, 4) is 0 Å². The van der Waals surface area contributed by atoms with Crippen LogP contribution in [0.5, 0.6) is 0 Å². The first kappa shape index (κ1) is 9.16. The van der Waals surface area contributed by atoms with Gasteiger partial charge in [-0.15, -0.1) is 0 Å². The average Bonchev–Trinajstić information content (AvgIpc) is 2.73. The van der Waals surface area contributed by atoms with E-state index < -0.39 is 0 Å². The molecule has 1 amide bonds. The van der Waals surface area contributed by atoms with Crippen LogP contribution in [0.15, 0.2) is 42.0 Å². The van der Waals surface area contributed by atoms with Crippen molar-refractivity contribution in [2.24, 2.45) is 5.73 Å². The fraction of sp³-hybridized carbons (Fsp3) is 0.0714. The van der Waals surface area contributed by atoms with E-state index in [1.807, 2.05) is 18.2 Å². The number of rotatable bonds is 1. The molecule has 0 aliphatic heterocycles. The molecule has 78 valence electrons. The Kier molecular flexibility index (Phi) is 1.83. The molecule has 0 unspecified atom stereocenters. The minimum Gasteiger partial charge on any atom is -0.366 e. The van der Waals surface area contributed by atoms with E-state index in [-0.39, 0.29) is 5.91 Å². The summed E-state index contributed by atoms with van der Waals surface area (Å²) in [6.45, 7) is 0. The van der Waals surface area contributed by atoms with Crippen LogP contribution in [0.2, 0.25) is 0 Å². The van der Waals surface area contributed by atoms with Gasteiger partial charge in [0.05, 0.1) is 0 Å². The molecular formula is C14H11NO. The van der Waals surface area contributed by atoms with E-state index >= 15 is 0 Å². The molecule has 0 saturated heterocycles. The Bertz CT molecular complexity index is 626. The van der Waals surface area contributed by atoms with Crippen molar-refractivity contribution in [1.82, 2.24) is 0 Å². The number of carbonyl (C=O) groups excluding carboxylic acids is 1. The number of nitrogens with two attached hydrogens (primary N) is 1. The van der Waals surface area contributed by atoms with Crippen molar-refractivity contribution in [3.05, 3.63) is 53.1 Å². The highest BCUT2D eigenvalue weighted by Gasteiger charge is 2.17. The number of amides is 1. The van der Waals surface area contributed by atoms with Gasteiger partial charge in [0.2, 0.25) is 5.91 Å². The number of benzene rings is 2. The van der Waals surface area contributed by atoms with E-state index in [2.05, 4.69) is 24.3 Å². The maximum absolute atomic E-state index is 11.2. The van der Waals surface area contributed by atoms with Gasteiger partial charge in [-0.25, -0.2) is 0 Å². The quantitative estimate of drug-likeness (QED) is 0.769. The molecular weight excluding hydrogens is 198 g/mol. The third kappa shape index (κ3) is 1.23. The standard InChI is InChI=1S/C14H11NO/c15-14(16)11-7-10-6-5-9-3-1-2-4-12(9)13(10)8-11/h1-6,8H,7H2,(H2,15,16). The normalized spacial score (nSPS) is 13.6. The average molecular weight is 209 g/mol. The number of hydrogen-bond acceptors (Lipinski definition) is 1. The monoisotopic (exact) mass is 209 g/mol. The molecule has 16 heavy (non-hydrogen) atoms. The molecule has 1 aliphatic rings. The first-order chi connectivity index (χ1) is 7.75. The van der Waals surface area contributed by atoms with E-state index in [4.69, 9.17) is 5.73 Å². The Balaban J connectivity index is 2.29. The van der Waals surface area contributed by atoms with E-state index in [0.29, 0.717) is 12.0 Å². The highest BCUT2D eigenvalue weighted by atomic mass is 16.1. The fourth-order valence-corrected chi connectivity index (χ4v) is 2.25. The second-order valence-corrected chi connectivity index (χ2v) is 4.07. The van der Waals surface area contributed by atoms with Crippen LogP contribution in [0, 0.1) is 0 Å². The van der Waals surface area contributed by atoms with Crippen LogP contribution in [0.4, 0.5) is 0 Å². The van der Waals surface area contributed by atoms with Crippen molar-refractivity contribution >= 4 is 22.8 Å². The van der Waals surface area contributed by atoms with Gasteiger partial charge in [-0.3, -0.25) is 4.79 Å². The fourth-order valence-electron chi connectivity index (χ4n) is 2.25. The molecule has 2 nitrogen and oxygen atoms in total. The second kappa shape index (κ2) is 3.20. The van der Waals surface area contributed by atoms with Crippen LogP contribution < -0.4 is 5.73 Å². The lowest BCUT2D eigenvalue weighted by atomic mass is 10.0. The summed E-state index contributed by atoms with van der Waals surface area (Å²) in [6.07, 6.45) is 2.58. The van der Waals surface area contributed by atoms with Gasteiger partial charge in [-0.2, -0.15) is 0 Å². The summed E-state index contributed by atoms with van der Waals surface area (Å²) in [5.74, 6) is -0.319. The van der Waals surface area contributed by atoms with Gasteiger partial charge < -0.3 is 5.73 Å². The van der Waals surface area contributed by atoms with Gasteiger partial charge in [-0.1, -0.05) is 36.4 Å². The lowest BCUT2D eigenvalue weighted by molar-refractivity contribution is -0.114. The maximum atomic E-state index is 11.2. The number of primary amides is 1. The van der Waals surface area contributed by atoms with Crippen molar-refractivity contribution in [2.75, 3.05) is 0 Å². The zero-order chi connectivity index (χ0) is 11.1. The first-order valence-corrected chi connectivity index (χ1v) is 5.27. The molecule has 0 spiro atoms. The smallest absolute Gasteiger partial charge is 0.244 e. The molecule has 0 aromatic heterocycles. The molecule has 3 rings (SSSR count). The zero-order valence-electron chi connectivity index (χ0n) is 8.73. The predicted octanol–water partition coefficient (Wildman–Crippen LogP) is 2.26. The molecule has 0 radical (unpaired) electrons. The number of carbonyl (C=O) groups is 1. The SMILES string of the molecule is NC(=O)C1=Cc2c(ccc3ccccc23)C1. The van der Waals surface area contributed by atoms with Gasteiger partial charge in [0, 0.05) is 12.0 Å². The molecule has 1 aliphatic carbocycles. The topological polar surface area (TPSA) is 43.1 Å². The molecule has 0 bridgehead atoms. The molecule has 2 heteroatoms. The van der Waals surface area contributed by atoms with Gasteiger partial charge in [0.15, 0.2) is 0 Å². The summed E-state index contributed by atoms with van der Waals surface area (Å²) >= 11 is 0. The number of hydrogen-bond donors (Lipinski definition) is 1. The van der Waals surface area contributed by atoms with Gasteiger partial charge in [0.1, 0.15) is 0 Å². The Morgan fingerprint density at radius 3 is 2.75 bits per heavy atom. The van der Waals surface area contributed by atoms with Crippen LogP contribution in [-0.4, -0.2) is 5.91 Å². The van der Waals surface area contributed by atoms with Crippen LogP contribution in [-0.2, 0) is 11.2 Å².